The first kappa shape index (κ1) is 20.0. The van der Waals surface area contributed by atoms with Crippen LogP contribution in [0, 0.1) is 34.6 Å². The summed E-state index contributed by atoms with van der Waals surface area (Å²) in [6, 6.07) is 10.5. The second-order valence-corrected chi connectivity index (χ2v) is 7.29. The monoisotopic (exact) mass is 353 g/mol. The van der Waals surface area contributed by atoms with Gasteiger partial charge in [0.2, 0.25) is 0 Å². The van der Waals surface area contributed by atoms with E-state index in [-0.39, 0.29) is 11.9 Å². The van der Waals surface area contributed by atoms with Gasteiger partial charge < -0.3 is 10.1 Å². The Labute approximate surface area is 157 Å². The maximum atomic E-state index is 12.7. The van der Waals surface area contributed by atoms with Crippen molar-refractivity contribution in [3.63, 3.8) is 0 Å². The van der Waals surface area contributed by atoms with Gasteiger partial charge in [-0.25, -0.2) is 0 Å². The number of nitrogens with one attached hydrogen (secondary N) is 1. The molecule has 2 aromatic carbocycles. The van der Waals surface area contributed by atoms with E-state index in [1.165, 1.54) is 22.3 Å². The molecule has 0 aromatic heterocycles. The summed E-state index contributed by atoms with van der Waals surface area (Å²) in [5, 5.41) is 3.15. The second kappa shape index (κ2) is 8.39. The van der Waals surface area contributed by atoms with Gasteiger partial charge in [0.25, 0.3) is 5.91 Å². The predicted molar refractivity (Wildman–Crippen MR) is 108 cm³/mol. The summed E-state index contributed by atoms with van der Waals surface area (Å²) in [6.45, 7) is 14.2. The van der Waals surface area contributed by atoms with Gasteiger partial charge in [0.1, 0.15) is 5.75 Å². The number of amides is 1. The molecule has 1 amide bonds. The van der Waals surface area contributed by atoms with E-state index >= 15 is 0 Å². The summed E-state index contributed by atoms with van der Waals surface area (Å²) in [7, 11) is 0. The molecule has 2 rings (SSSR count). The molecule has 0 fully saturated rings. The molecule has 0 spiro atoms. The van der Waals surface area contributed by atoms with E-state index in [1.54, 1.807) is 6.92 Å². The number of carbonyl (C=O) groups is 1. The Hall–Kier alpha value is -2.29. The van der Waals surface area contributed by atoms with Crippen LogP contribution in [0.3, 0.4) is 0 Å². The summed E-state index contributed by atoms with van der Waals surface area (Å²) in [4.78, 5) is 12.7. The molecule has 0 saturated heterocycles. The molecule has 3 nitrogen and oxygen atoms in total. The fourth-order valence-electron chi connectivity index (χ4n) is 3.27. The lowest BCUT2D eigenvalue weighted by molar-refractivity contribution is -0.128. The van der Waals surface area contributed by atoms with E-state index < -0.39 is 6.10 Å². The van der Waals surface area contributed by atoms with Crippen molar-refractivity contribution >= 4 is 5.91 Å². The van der Waals surface area contributed by atoms with Crippen LogP contribution in [0.1, 0.15) is 59.7 Å². The highest BCUT2D eigenvalue weighted by Crippen LogP contribution is 2.25. The summed E-state index contributed by atoms with van der Waals surface area (Å²) >= 11 is 0. The van der Waals surface area contributed by atoms with Crippen LogP contribution in [-0.4, -0.2) is 12.0 Å². The van der Waals surface area contributed by atoms with E-state index in [2.05, 4.69) is 57.3 Å². The molecule has 0 saturated carbocycles. The number of hydrogen-bond acceptors (Lipinski definition) is 2. The van der Waals surface area contributed by atoms with Gasteiger partial charge in [-0.1, -0.05) is 36.8 Å². The van der Waals surface area contributed by atoms with Crippen molar-refractivity contribution in [3.8, 4) is 5.75 Å². The highest BCUT2D eigenvalue weighted by atomic mass is 16.5. The molecule has 0 aliphatic carbocycles. The number of hydrogen-bond donors (Lipinski definition) is 1. The van der Waals surface area contributed by atoms with Crippen molar-refractivity contribution in [2.45, 2.75) is 67.0 Å². The van der Waals surface area contributed by atoms with Crippen LogP contribution in [-0.2, 0) is 4.79 Å². The molecule has 1 N–H and O–H groups in total. The van der Waals surface area contributed by atoms with Gasteiger partial charge in [-0.3, -0.25) is 4.79 Å². The minimum absolute atomic E-state index is 0.00510. The lowest BCUT2D eigenvalue weighted by atomic mass is 9.97. The maximum Gasteiger partial charge on any atom is 0.261 e. The molecule has 2 atom stereocenters. The number of carbonyl (C=O) groups excluding carboxylic acids is 1. The summed E-state index contributed by atoms with van der Waals surface area (Å²) in [5.41, 5.74) is 7.00. The fourth-order valence-corrected chi connectivity index (χ4v) is 3.27. The topological polar surface area (TPSA) is 38.3 Å². The Morgan fingerprint density at radius 1 is 1.00 bits per heavy atom. The fraction of sp³-hybridized carbons (Fsp3) is 0.435. The van der Waals surface area contributed by atoms with Gasteiger partial charge in [0.05, 0.1) is 6.04 Å². The van der Waals surface area contributed by atoms with E-state index in [1.807, 2.05) is 19.9 Å². The summed E-state index contributed by atoms with van der Waals surface area (Å²) in [5.74, 6) is 0.695. The SMILES string of the molecule is CC[C@H](NC(=O)[C@@H](C)Oc1cc(C)cc(C)c1C)c1ccc(C)cc1C. The van der Waals surface area contributed by atoms with Crippen molar-refractivity contribution in [3.05, 3.63) is 63.7 Å². The highest BCUT2D eigenvalue weighted by molar-refractivity contribution is 5.81. The number of rotatable bonds is 6. The van der Waals surface area contributed by atoms with Gasteiger partial charge in [-0.2, -0.15) is 0 Å². The molecule has 2 aromatic rings. The Morgan fingerprint density at radius 3 is 2.27 bits per heavy atom. The summed E-state index contributed by atoms with van der Waals surface area (Å²) in [6.07, 6.45) is 0.292. The molecular weight excluding hydrogens is 322 g/mol. The van der Waals surface area contributed by atoms with E-state index in [0.29, 0.717) is 0 Å². The average Bonchev–Trinajstić information content (AvgIpc) is 2.57. The van der Waals surface area contributed by atoms with E-state index in [4.69, 9.17) is 4.74 Å². The van der Waals surface area contributed by atoms with Gasteiger partial charge in [0.15, 0.2) is 6.10 Å². The number of ether oxygens (including phenoxy) is 1. The smallest absolute Gasteiger partial charge is 0.261 e. The predicted octanol–water partition coefficient (Wildman–Crippen LogP) is 5.26. The van der Waals surface area contributed by atoms with Crippen LogP contribution in [0.4, 0.5) is 0 Å². The third-order valence-electron chi connectivity index (χ3n) is 4.96. The van der Waals surface area contributed by atoms with Crippen molar-refractivity contribution in [2.24, 2.45) is 0 Å². The van der Waals surface area contributed by atoms with Crippen LogP contribution in [0.15, 0.2) is 30.3 Å². The molecule has 0 aliphatic heterocycles. The van der Waals surface area contributed by atoms with Crippen LogP contribution < -0.4 is 10.1 Å². The van der Waals surface area contributed by atoms with E-state index in [9.17, 15) is 4.79 Å². The molecule has 140 valence electrons. The first-order valence-electron chi connectivity index (χ1n) is 9.35. The standard InChI is InChI=1S/C23H31NO2/c1-8-21(20-10-9-14(2)11-17(20)5)24-23(25)19(7)26-22-13-15(3)12-16(4)18(22)6/h9-13,19,21H,8H2,1-7H3,(H,24,25)/t19-,21+/m1/s1. The highest BCUT2D eigenvalue weighted by Gasteiger charge is 2.21. The zero-order chi connectivity index (χ0) is 19.4. The molecule has 3 heteroatoms. The lowest BCUT2D eigenvalue weighted by Crippen LogP contribution is -2.38. The van der Waals surface area contributed by atoms with Crippen LogP contribution in [0.2, 0.25) is 0 Å². The van der Waals surface area contributed by atoms with Gasteiger partial charge in [-0.15, -0.1) is 0 Å². The lowest BCUT2D eigenvalue weighted by Gasteiger charge is -2.23. The minimum atomic E-state index is -0.547. The Kier molecular flexibility index (Phi) is 6.47. The molecule has 0 bridgehead atoms. The number of benzene rings is 2. The van der Waals surface area contributed by atoms with Crippen molar-refractivity contribution in [1.82, 2.24) is 5.32 Å². The van der Waals surface area contributed by atoms with Crippen LogP contribution >= 0.6 is 0 Å². The normalized spacial score (nSPS) is 13.2. The molecule has 0 unspecified atom stereocenters. The zero-order valence-electron chi connectivity index (χ0n) is 17.1. The van der Waals surface area contributed by atoms with Crippen LogP contribution in [0.5, 0.6) is 5.75 Å². The van der Waals surface area contributed by atoms with Crippen molar-refractivity contribution < 1.29 is 9.53 Å². The number of aryl methyl sites for hydroxylation is 4. The van der Waals surface area contributed by atoms with Gasteiger partial charge >= 0.3 is 0 Å². The molecule has 0 heterocycles. The Morgan fingerprint density at radius 2 is 1.65 bits per heavy atom. The Bertz CT molecular complexity index is 795. The third-order valence-corrected chi connectivity index (χ3v) is 4.96. The quantitative estimate of drug-likeness (QED) is 0.769. The van der Waals surface area contributed by atoms with Gasteiger partial charge in [0, 0.05) is 0 Å². The van der Waals surface area contributed by atoms with Crippen LogP contribution in [0.25, 0.3) is 0 Å². The molecule has 0 radical (unpaired) electrons. The minimum Gasteiger partial charge on any atom is -0.481 e. The first-order valence-corrected chi connectivity index (χ1v) is 9.35. The summed E-state index contributed by atoms with van der Waals surface area (Å²) < 4.78 is 5.99. The first-order chi connectivity index (χ1) is 12.2. The zero-order valence-corrected chi connectivity index (χ0v) is 17.1. The largest absolute Gasteiger partial charge is 0.481 e. The molecular formula is C23H31NO2. The molecule has 0 aliphatic rings. The van der Waals surface area contributed by atoms with E-state index in [0.717, 1.165) is 23.3 Å². The van der Waals surface area contributed by atoms with Gasteiger partial charge in [-0.05, 0) is 81.8 Å². The Balaban J connectivity index is 2.12. The third kappa shape index (κ3) is 4.66. The van der Waals surface area contributed by atoms with Crippen molar-refractivity contribution in [2.75, 3.05) is 0 Å². The average molecular weight is 354 g/mol. The maximum absolute atomic E-state index is 12.7. The van der Waals surface area contributed by atoms with Crippen molar-refractivity contribution in [1.29, 1.82) is 0 Å². The second-order valence-electron chi connectivity index (χ2n) is 7.29. The molecule has 26 heavy (non-hydrogen) atoms.